The number of rotatable bonds is 6. The number of nitrogens with zero attached hydrogens (tertiary/aromatic N) is 1. The van der Waals surface area contributed by atoms with Gasteiger partial charge in [0.25, 0.3) is 10.0 Å². The van der Waals surface area contributed by atoms with Crippen molar-refractivity contribution in [3.8, 4) is 0 Å². The van der Waals surface area contributed by atoms with E-state index in [-0.39, 0.29) is 9.99 Å². The van der Waals surface area contributed by atoms with Crippen molar-refractivity contribution in [3.63, 3.8) is 0 Å². The molecule has 2 N–H and O–H groups in total. The first-order valence-corrected chi connectivity index (χ1v) is 8.86. The molecule has 0 heterocycles. The predicted molar refractivity (Wildman–Crippen MR) is 85.0 cm³/mol. The zero-order valence-electron chi connectivity index (χ0n) is 13.8. The van der Waals surface area contributed by atoms with E-state index in [0.29, 0.717) is 5.56 Å². The molecule has 0 saturated heterocycles. The Labute approximate surface area is 151 Å². The first-order valence-electron chi connectivity index (χ1n) is 7.42. The monoisotopic (exact) mass is 411 g/mol. The summed E-state index contributed by atoms with van der Waals surface area (Å²) in [5, 5.41) is 18.6. The Kier molecular flexibility index (Phi) is 6.07. The molecule has 0 spiro atoms. The van der Waals surface area contributed by atoms with Crippen molar-refractivity contribution < 1.29 is 40.6 Å². The summed E-state index contributed by atoms with van der Waals surface area (Å²) in [6.07, 6.45) is -1.68. The molecule has 148 valence electrons. The van der Waals surface area contributed by atoms with Crippen LogP contribution in [0.15, 0.2) is 29.2 Å². The molecule has 2 rings (SSSR count). The number of anilines is 1. The number of aliphatic hydroxyl groups is 2. The van der Waals surface area contributed by atoms with E-state index in [2.05, 4.69) is 0 Å². The van der Waals surface area contributed by atoms with Crippen LogP contribution >= 0.6 is 0 Å². The van der Waals surface area contributed by atoms with Gasteiger partial charge in [0, 0.05) is 0 Å². The molecule has 0 fully saturated rings. The summed E-state index contributed by atoms with van der Waals surface area (Å²) in [7, 11) is -5.33. The van der Waals surface area contributed by atoms with E-state index < -0.39 is 63.3 Å². The van der Waals surface area contributed by atoms with Gasteiger partial charge in [0.1, 0.15) is 0 Å². The molecule has 0 aliphatic carbocycles. The largest absolute Gasteiger partial charge is 0.394 e. The number of aryl methyl sites for hydroxylation is 1. The molecule has 1 unspecified atom stereocenters. The van der Waals surface area contributed by atoms with Crippen LogP contribution in [-0.2, 0) is 10.0 Å². The van der Waals surface area contributed by atoms with Gasteiger partial charge in [-0.15, -0.1) is 0 Å². The fraction of sp³-hybridized carbons (Fsp3) is 0.250. The second-order valence-electron chi connectivity index (χ2n) is 5.61. The standard InChI is InChI=1S/C16H14F5NO4S/c1-8-2-4-9(5-3-8)22(6-10(24)7-23)27(25,26)16-14(20)12(18)11(17)13(19)15(16)21/h2-5,10,23-24H,6-7H2,1H3. The maximum Gasteiger partial charge on any atom is 0.270 e. The number of hydrogen-bond donors (Lipinski definition) is 2. The van der Waals surface area contributed by atoms with Gasteiger partial charge in [-0.2, -0.15) is 0 Å². The molecule has 0 amide bonds. The lowest BCUT2D eigenvalue weighted by Gasteiger charge is -2.27. The minimum absolute atomic E-state index is 0.211. The van der Waals surface area contributed by atoms with Gasteiger partial charge < -0.3 is 10.2 Å². The molecule has 0 aliphatic heterocycles. The van der Waals surface area contributed by atoms with Crippen molar-refractivity contribution in [1.82, 2.24) is 0 Å². The molecule has 0 aromatic heterocycles. The van der Waals surface area contributed by atoms with Crippen LogP contribution in [0, 0.1) is 36.0 Å². The van der Waals surface area contributed by atoms with E-state index in [4.69, 9.17) is 5.11 Å². The number of aliphatic hydroxyl groups excluding tert-OH is 2. The minimum Gasteiger partial charge on any atom is -0.394 e. The predicted octanol–water partition coefficient (Wildman–Crippen LogP) is 2.24. The summed E-state index contributed by atoms with van der Waals surface area (Å²) in [6, 6.07) is 5.29. The molecule has 0 saturated carbocycles. The Hall–Kier alpha value is -2.24. The lowest BCUT2D eigenvalue weighted by atomic mass is 10.2. The molecular weight excluding hydrogens is 397 g/mol. The van der Waals surface area contributed by atoms with Gasteiger partial charge in [-0.1, -0.05) is 17.7 Å². The summed E-state index contributed by atoms with van der Waals surface area (Å²) in [4.78, 5) is -2.05. The highest BCUT2D eigenvalue weighted by Crippen LogP contribution is 2.31. The number of sulfonamides is 1. The molecular formula is C16H14F5NO4S. The average molecular weight is 411 g/mol. The Morgan fingerprint density at radius 3 is 1.81 bits per heavy atom. The summed E-state index contributed by atoms with van der Waals surface area (Å²) < 4.78 is 93.8. The molecule has 27 heavy (non-hydrogen) atoms. The summed E-state index contributed by atoms with van der Waals surface area (Å²) in [5.74, 6) is -12.4. The molecule has 0 radical (unpaired) electrons. The van der Waals surface area contributed by atoms with Crippen LogP contribution < -0.4 is 4.31 Å². The quantitative estimate of drug-likeness (QED) is 0.434. The van der Waals surface area contributed by atoms with Crippen molar-refractivity contribution in [2.75, 3.05) is 17.5 Å². The van der Waals surface area contributed by atoms with Gasteiger partial charge in [-0.05, 0) is 19.1 Å². The lowest BCUT2D eigenvalue weighted by Crippen LogP contribution is -2.40. The van der Waals surface area contributed by atoms with Crippen molar-refractivity contribution in [2.45, 2.75) is 17.9 Å². The molecule has 0 aliphatic rings. The highest BCUT2D eigenvalue weighted by atomic mass is 32.2. The third-order valence-corrected chi connectivity index (χ3v) is 5.44. The third kappa shape index (κ3) is 3.89. The number of hydrogen-bond acceptors (Lipinski definition) is 4. The van der Waals surface area contributed by atoms with Crippen LogP contribution in [0.2, 0.25) is 0 Å². The van der Waals surface area contributed by atoms with Crippen LogP contribution in [0.25, 0.3) is 0 Å². The zero-order chi connectivity index (χ0) is 20.5. The first-order chi connectivity index (χ1) is 12.5. The van der Waals surface area contributed by atoms with Gasteiger partial charge in [-0.3, -0.25) is 4.31 Å². The molecule has 0 bridgehead atoms. The molecule has 11 heteroatoms. The van der Waals surface area contributed by atoms with Gasteiger partial charge in [0.2, 0.25) is 5.82 Å². The second-order valence-corrected chi connectivity index (χ2v) is 7.41. The van der Waals surface area contributed by atoms with Crippen molar-refractivity contribution in [1.29, 1.82) is 0 Å². The Morgan fingerprint density at radius 1 is 0.926 bits per heavy atom. The topological polar surface area (TPSA) is 77.8 Å². The van der Waals surface area contributed by atoms with Crippen LogP contribution in [0.4, 0.5) is 27.6 Å². The smallest absolute Gasteiger partial charge is 0.270 e. The van der Waals surface area contributed by atoms with Crippen LogP contribution in [-0.4, -0.2) is 37.9 Å². The van der Waals surface area contributed by atoms with E-state index in [9.17, 15) is 35.5 Å². The van der Waals surface area contributed by atoms with E-state index in [0.717, 1.165) is 0 Å². The summed E-state index contributed by atoms with van der Waals surface area (Å²) in [5.41, 5.74) is 0.479. The maximum absolute atomic E-state index is 14.0. The average Bonchev–Trinajstić information content (AvgIpc) is 2.63. The van der Waals surface area contributed by atoms with Gasteiger partial charge in [0.15, 0.2) is 28.2 Å². The van der Waals surface area contributed by atoms with E-state index in [1.165, 1.54) is 24.3 Å². The first kappa shape index (κ1) is 21.1. The summed E-state index contributed by atoms with van der Waals surface area (Å²) in [6.45, 7) is -0.133. The van der Waals surface area contributed by atoms with E-state index in [1.807, 2.05) is 0 Å². The van der Waals surface area contributed by atoms with Crippen LogP contribution in [0.1, 0.15) is 5.56 Å². The zero-order valence-corrected chi connectivity index (χ0v) is 14.6. The van der Waals surface area contributed by atoms with Crippen molar-refractivity contribution in [3.05, 3.63) is 58.9 Å². The van der Waals surface area contributed by atoms with Gasteiger partial charge in [-0.25, -0.2) is 30.4 Å². The maximum atomic E-state index is 14.0. The van der Waals surface area contributed by atoms with Gasteiger partial charge >= 0.3 is 0 Å². The molecule has 2 aromatic carbocycles. The van der Waals surface area contributed by atoms with E-state index >= 15 is 0 Å². The minimum atomic E-state index is -5.33. The van der Waals surface area contributed by atoms with Crippen LogP contribution in [0.3, 0.4) is 0 Å². The Balaban J connectivity index is 2.73. The summed E-state index contributed by atoms with van der Waals surface area (Å²) >= 11 is 0. The van der Waals surface area contributed by atoms with Crippen LogP contribution in [0.5, 0.6) is 0 Å². The normalized spacial score (nSPS) is 12.9. The van der Waals surface area contributed by atoms with Crippen molar-refractivity contribution in [2.24, 2.45) is 0 Å². The Bertz CT molecular complexity index is 921. The van der Waals surface area contributed by atoms with Crippen molar-refractivity contribution >= 4 is 15.7 Å². The SMILES string of the molecule is Cc1ccc(N(CC(O)CO)S(=O)(=O)c2c(F)c(F)c(F)c(F)c2F)cc1. The fourth-order valence-corrected chi connectivity index (χ4v) is 3.84. The highest BCUT2D eigenvalue weighted by molar-refractivity contribution is 7.92. The third-order valence-electron chi connectivity index (χ3n) is 3.63. The molecule has 1 atom stereocenters. The Morgan fingerprint density at radius 2 is 1.37 bits per heavy atom. The molecule has 2 aromatic rings. The van der Waals surface area contributed by atoms with E-state index in [1.54, 1.807) is 6.92 Å². The molecule has 5 nitrogen and oxygen atoms in total. The fourth-order valence-electron chi connectivity index (χ4n) is 2.22. The number of benzene rings is 2. The number of halogens is 5. The second kappa shape index (κ2) is 7.79. The highest BCUT2D eigenvalue weighted by Gasteiger charge is 2.38. The van der Waals surface area contributed by atoms with Gasteiger partial charge in [0.05, 0.1) is 24.9 Å². The lowest BCUT2D eigenvalue weighted by molar-refractivity contribution is 0.102.